The van der Waals surface area contributed by atoms with Crippen molar-refractivity contribution in [3.05, 3.63) is 34.3 Å². The van der Waals surface area contributed by atoms with Gasteiger partial charge in [0.2, 0.25) is 0 Å². The molecule has 0 amide bonds. The first kappa shape index (κ1) is 15.4. The number of carbonyl (C=O) groups is 2. The highest BCUT2D eigenvalue weighted by Crippen LogP contribution is 2.60. The number of benzene rings is 1. The van der Waals surface area contributed by atoms with Gasteiger partial charge in [-0.25, -0.2) is 0 Å². The van der Waals surface area contributed by atoms with Gasteiger partial charge in [0.15, 0.2) is 5.78 Å². The summed E-state index contributed by atoms with van der Waals surface area (Å²) in [6.07, 6.45) is 6.66. The first-order chi connectivity index (χ1) is 11.1. The third-order valence-corrected chi connectivity index (χ3v) is 6.66. The van der Waals surface area contributed by atoms with E-state index in [-0.39, 0.29) is 11.8 Å². The van der Waals surface area contributed by atoms with E-state index in [0.717, 1.165) is 48.6 Å². The summed E-state index contributed by atoms with van der Waals surface area (Å²) in [6.45, 7) is 0. The van der Waals surface area contributed by atoms with Gasteiger partial charge >= 0.3 is 5.97 Å². The zero-order valence-electron chi connectivity index (χ0n) is 13.1. The molecule has 3 aliphatic rings. The fraction of sp³-hybridized carbons (Fsp3) is 0.579. The van der Waals surface area contributed by atoms with Crippen molar-refractivity contribution in [2.24, 2.45) is 10.8 Å². The molecule has 1 saturated heterocycles. The molecule has 0 N–H and O–H groups in total. The Morgan fingerprint density at radius 2 is 1.48 bits per heavy atom. The van der Waals surface area contributed by atoms with Crippen molar-refractivity contribution in [1.82, 2.24) is 0 Å². The minimum atomic E-state index is -0.837. The summed E-state index contributed by atoms with van der Waals surface area (Å²) in [6, 6.07) is 7.86. The monoisotopic (exact) mass is 376 g/mol. The second-order valence-electron chi connectivity index (χ2n) is 7.32. The molecule has 0 radical (unpaired) electrons. The Labute approximate surface area is 144 Å². The number of carbonyl (C=O) groups excluding carboxylic acids is 2. The van der Waals surface area contributed by atoms with Crippen molar-refractivity contribution in [2.75, 3.05) is 0 Å². The Balaban J connectivity index is 1.79. The smallest absolute Gasteiger partial charge is 0.320 e. The van der Waals surface area contributed by atoms with Crippen LogP contribution in [-0.2, 0) is 14.3 Å². The van der Waals surface area contributed by atoms with Gasteiger partial charge in [0, 0.05) is 4.47 Å². The highest BCUT2D eigenvalue weighted by Gasteiger charge is 2.64. The quantitative estimate of drug-likeness (QED) is 0.525. The zero-order valence-corrected chi connectivity index (χ0v) is 14.7. The predicted octanol–water partition coefficient (Wildman–Crippen LogP) is 4.74. The number of hydrogen-bond acceptors (Lipinski definition) is 3. The average Bonchev–Trinajstić information content (AvgIpc) is 3.22. The van der Waals surface area contributed by atoms with Crippen molar-refractivity contribution in [3.8, 4) is 0 Å². The lowest BCUT2D eigenvalue weighted by molar-refractivity contribution is -0.191. The molecule has 2 saturated carbocycles. The van der Waals surface area contributed by atoms with Gasteiger partial charge in [0.25, 0.3) is 0 Å². The van der Waals surface area contributed by atoms with Gasteiger partial charge in [-0.05, 0) is 43.4 Å². The van der Waals surface area contributed by atoms with E-state index in [1.165, 1.54) is 0 Å². The minimum Gasteiger partial charge on any atom is -0.456 e. The number of hydrogen-bond donors (Lipinski definition) is 0. The molecule has 3 fully saturated rings. The third kappa shape index (κ3) is 2.14. The third-order valence-electron chi connectivity index (χ3n) is 6.13. The zero-order chi connectivity index (χ0) is 16.1. The molecule has 23 heavy (non-hydrogen) atoms. The maximum absolute atomic E-state index is 13.5. The molecule has 1 unspecified atom stereocenters. The lowest BCUT2D eigenvalue weighted by Crippen LogP contribution is -2.55. The van der Waals surface area contributed by atoms with E-state index in [2.05, 4.69) is 15.9 Å². The molecule has 2 aliphatic carbocycles. The van der Waals surface area contributed by atoms with Crippen LogP contribution in [0.2, 0.25) is 0 Å². The summed E-state index contributed by atoms with van der Waals surface area (Å²) in [7, 11) is 0. The fourth-order valence-corrected chi connectivity index (χ4v) is 5.21. The Morgan fingerprint density at radius 3 is 2.09 bits per heavy atom. The molecule has 2 spiro atoms. The van der Waals surface area contributed by atoms with Crippen LogP contribution in [0.25, 0.3) is 0 Å². The van der Waals surface area contributed by atoms with Crippen molar-refractivity contribution < 1.29 is 14.3 Å². The molecule has 1 aromatic carbocycles. The normalized spacial score (nSPS) is 28.5. The molecule has 3 nitrogen and oxygen atoms in total. The Kier molecular flexibility index (Phi) is 3.63. The molecule has 1 heterocycles. The van der Waals surface area contributed by atoms with Gasteiger partial charge < -0.3 is 4.74 Å². The van der Waals surface area contributed by atoms with Gasteiger partial charge in [0.1, 0.15) is 11.5 Å². The topological polar surface area (TPSA) is 43.4 Å². The molecule has 0 bridgehead atoms. The summed E-state index contributed by atoms with van der Waals surface area (Å²) in [5.41, 5.74) is -0.382. The number of esters is 1. The van der Waals surface area contributed by atoms with Crippen LogP contribution in [0.4, 0.5) is 0 Å². The Hall–Kier alpha value is -1.16. The van der Waals surface area contributed by atoms with Crippen molar-refractivity contribution >= 4 is 27.7 Å². The van der Waals surface area contributed by atoms with Crippen LogP contribution in [0.15, 0.2) is 28.7 Å². The highest BCUT2D eigenvalue weighted by atomic mass is 79.9. The van der Waals surface area contributed by atoms with Gasteiger partial charge in [-0.3, -0.25) is 9.59 Å². The van der Waals surface area contributed by atoms with Crippen LogP contribution in [0.5, 0.6) is 0 Å². The number of ketones is 1. The summed E-state index contributed by atoms with van der Waals surface area (Å²) in [4.78, 5) is 26.3. The molecule has 1 aromatic rings. The van der Waals surface area contributed by atoms with E-state index >= 15 is 0 Å². The summed E-state index contributed by atoms with van der Waals surface area (Å²) in [5, 5.41) is 0. The number of halogens is 1. The highest BCUT2D eigenvalue weighted by molar-refractivity contribution is 9.10. The van der Waals surface area contributed by atoms with Crippen LogP contribution in [0.1, 0.15) is 63.0 Å². The SMILES string of the molecule is O=C1OC(c2ccc(Br)cc2)C2(CCCC2)C(=O)C12CCCC2. The van der Waals surface area contributed by atoms with Crippen molar-refractivity contribution in [3.63, 3.8) is 0 Å². The van der Waals surface area contributed by atoms with E-state index in [1.54, 1.807) is 0 Å². The second kappa shape index (κ2) is 5.44. The van der Waals surface area contributed by atoms with Gasteiger partial charge in [0.05, 0.1) is 5.41 Å². The fourth-order valence-electron chi connectivity index (χ4n) is 4.95. The lowest BCUT2D eigenvalue weighted by Gasteiger charge is -2.46. The van der Waals surface area contributed by atoms with Crippen LogP contribution >= 0.6 is 15.9 Å². The first-order valence-corrected chi connectivity index (χ1v) is 9.39. The number of rotatable bonds is 1. The molecular formula is C19H21BrO3. The molecule has 1 aliphatic heterocycles. The molecule has 4 rings (SSSR count). The van der Waals surface area contributed by atoms with E-state index in [9.17, 15) is 9.59 Å². The second-order valence-corrected chi connectivity index (χ2v) is 8.23. The standard InChI is InChI=1S/C19H21BrO3/c20-14-7-5-13(6-8-14)15-18(9-1-2-10-18)16(21)19(17(22)23-15)11-3-4-12-19/h5-8,15H,1-4,9-12H2. The molecule has 122 valence electrons. The summed E-state index contributed by atoms with van der Waals surface area (Å²) >= 11 is 3.44. The molecule has 1 atom stereocenters. The van der Waals surface area contributed by atoms with Crippen molar-refractivity contribution in [2.45, 2.75) is 57.5 Å². The van der Waals surface area contributed by atoms with Gasteiger partial charge in [-0.15, -0.1) is 0 Å². The lowest BCUT2D eigenvalue weighted by atomic mass is 9.62. The minimum absolute atomic E-state index is 0.184. The van der Waals surface area contributed by atoms with Crippen LogP contribution in [0, 0.1) is 10.8 Å². The van der Waals surface area contributed by atoms with Crippen LogP contribution < -0.4 is 0 Å². The molecule has 0 aromatic heterocycles. The molecule has 4 heteroatoms. The first-order valence-electron chi connectivity index (χ1n) is 8.60. The van der Waals surface area contributed by atoms with E-state index in [1.807, 2.05) is 24.3 Å². The summed E-state index contributed by atoms with van der Waals surface area (Å²) < 4.78 is 6.97. The largest absolute Gasteiger partial charge is 0.456 e. The summed E-state index contributed by atoms with van der Waals surface area (Å²) in [5.74, 6) is -0.0883. The van der Waals surface area contributed by atoms with Gasteiger partial charge in [-0.1, -0.05) is 53.7 Å². The van der Waals surface area contributed by atoms with Gasteiger partial charge in [-0.2, -0.15) is 0 Å². The van der Waals surface area contributed by atoms with Crippen LogP contribution in [0.3, 0.4) is 0 Å². The Bertz CT molecular complexity index is 637. The number of cyclic esters (lactones) is 1. The predicted molar refractivity (Wildman–Crippen MR) is 89.8 cm³/mol. The van der Waals surface area contributed by atoms with E-state index in [4.69, 9.17) is 4.74 Å². The number of ether oxygens (including phenoxy) is 1. The Morgan fingerprint density at radius 1 is 0.913 bits per heavy atom. The average molecular weight is 377 g/mol. The molecular weight excluding hydrogens is 356 g/mol. The van der Waals surface area contributed by atoms with Crippen molar-refractivity contribution in [1.29, 1.82) is 0 Å². The van der Waals surface area contributed by atoms with E-state index < -0.39 is 16.9 Å². The maximum atomic E-state index is 13.5. The van der Waals surface area contributed by atoms with E-state index in [0.29, 0.717) is 12.8 Å². The van der Waals surface area contributed by atoms with Crippen LogP contribution in [-0.4, -0.2) is 11.8 Å². The number of Topliss-reactive ketones (excluding diaryl/α,β-unsaturated/α-hetero) is 1. The maximum Gasteiger partial charge on any atom is 0.320 e.